The van der Waals surface area contributed by atoms with Crippen molar-refractivity contribution in [2.24, 2.45) is 0 Å². The molecule has 0 bridgehead atoms. The van der Waals surface area contributed by atoms with Crippen molar-refractivity contribution in [3.8, 4) is 5.75 Å². The van der Waals surface area contributed by atoms with Crippen LogP contribution in [0.15, 0.2) is 24.3 Å². The van der Waals surface area contributed by atoms with Crippen molar-refractivity contribution in [1.29, 1.82) is 0 Å². The van der Waals surface area contributed by atoms with Gasteiger partial charge in [0.15, 0.2) is 0 Å². The van der Waals surface area contributed by atoms with Gasteiger partial charge in [0.05, 0.1) is 5.56 Å². The summed E-state index contributed by atoms with van der Waals surface area (Å²) >= 11 is 5.72. The number of hydrogen-bond donors (Lipinski definition) is 1. The number of para-hydroxylation sites is 1. The zero-order chi connectivity index (χ0) is 15.4. The first kappa shape index (κ1) is 15.4. The van der Waals surface area contributed by atoms with Gasteiger partial charge in [0, 0.05) is 18.3 Å². The fourth-order valence-corrected chi connectivity index (χ4v) is 2.10. The molecule has 21 heavy (non-hydrogen) atoms. The predicted molar refractivity (Wildman–Crippen MR) is 77.1 cm³/mol. The van der Waals surface area contributed by atoms with E-state index >= 15 is 0 Å². The summed E-state index contributed by atoms with van der Waals surface area (Å²) in [6.07, 6.45) is -1.10. The molecule has 114 valence electrons. The number of rotatable bonds is 4. The molecule has 6 nitrogen and oxygen atoms in total. The van der Waals surface area contributed by atoms with Gasteiger partial charge in [-0.3, -0.25) is 4.79 Å². The van der Waals surface area contributed by atoms with Gasteiger partial charge in [0.25, 0.3) is 5.91 Å². The number of carbonyl (C=O) groups is 2. The molecule has 0 saturated heterocycles. The minimum Gasteiger partial charge on any atom is -0.466 e. The highest BCUT2D eigenvalue weighted by atomic mass is 35.5. The van der Waals surface area contributed by atoms with Crippen LogP contribution in [0, 0.1) is 0 Å². The number of alkyl halides is 1. The molecule has 0 radical (unpaired) electrons. The maximum Gasteiger partial charge on any atom is 0.432 e. The first-order valence-electron chi connectivity index (χ1n) is 6.66. The molecule has 0 spiro atoms. The Bertz CT molecular complexity index is 535. The highest BCUT2D eigenvalue weighted by Crippen LogP contribution is 2.29. The number of nitrogens with zero attached hydrogens (tertiary/aromatic N) is 1. The quantitative estimate of drug-likeness (QED) is 0.867. The first-order valence-corrected chi connectivity index (χ1v) is 7.20. The van der Waals surface area contributed by atoms with E-state index in [4.69, 9.17) is 21.2 Å². The van der Waals surface area contributed by atoms with E-state index in [1.165, 1.54) is 0 Å². The maximum absolute atomic E-state index is 12.4. The van der Waals surface area contributed by atoms with Crippen LogP contribution in [0.25, 0.3) is 0 Å². The minimum absolute atomic E-state index is 0.0999. The molecule has 1 N–H and O–H groups in total. The lowest BCUT2D eigenvalue weighted by atomic mass is 10.1. The lowest BCUT2D eigenvalue weighted by Gasteiger charge is -2.34. The Hall–Kier alpha value is -1.95. The number of ether oxygens (including phenoxy) is 1. The molecule has 0 unspecified atom stereocenters. The number of halogens is 1. The molecule has 7 heteroatoms. The van der Waals surface area contributed by atoms with E-state index in [0.717, 1.165) is 5.06 Å². The zero-order valence-corrected chi connectivity index (χ0v) is 12.6. The van der Waals surface area contributed by atoms with Crippen LogP contribution in [0.2, 0.25) is 0 Å². The largest absolute Gasteiger partial charge is 0.466 e. The fraction of sp³-hybridized carbons (Fsp3) is 0.429. The molecule has 0 aromatic heterocycles. The summed E-state index contributed by atoms with van der Waals surface area (Å²) in [6.45, 7) is 3.59. The smallest absolute Gasteiger partial charge is 0.432 e. The van der Waals surface area contributed by atoms with Gasteiger partial charge in [-0.2, -0.15) is 0 Å². The molecule has 1 aromatic carbocycles. The first-order chi connectivity index (χ1) is 10.0. The second-order valence-corrected chi connectivity index (χ2v) is 5.23. The topological polar surface area (TPSA) is 67.9 Å². The van der Waals surface area contributed by atoms with Gasteiger partial charge in [0.2, 0.25) is 6.23 Å². The molecule has 0 aliphatic carbocycles. The number of nitrogens with one attached hydrogen (secondary N) is 1. The third kappa shape index (κ3) is 3.58. The van der Waals surface area contributed by atoms with Crippen LogP contribution < -0.4 is 10.1 Å². The molecule has 1 aromatic rings. The Morgan fingerprint density at radius 1 is 1.48 bits per heavy atom. The van der Waals surface area contributed by atoms with E-state index in [0.29, 0.717) is 17.7 Å². The van der Waals surface area contributed by atoms with E-state index in [2.05, 4.69) is 5.32 Å². The van der Waals surface area contributed by atoms with Crippen molar-refractivity contribution >= 4 is 23.6 Å². The predicted octanol–water partition coefficient (Wildman–Crippen LogP) is 2.53. The van der Waals surface area contributed by atoms with E-state index in [1.807, 2.05) is 0 Å². The molecule has 1 heterocycles. The van der Waals surface area contributed by atoms with Crippen molar-refractivity contribution in [3.63, 3.8) is 0 Å². The van der Waals surface area contributed by atoms with E-state index < -0.39 is 18.2 Å². The summed E-state index contributed by atoms with van der Waals surface area (Å²) in [4.78, 5) is 29.2. The van der Waals surface area contributed by atoms with Crippen LogP contribution in [0.1, 0.15) is 30.6 Å². The standard InChI is InChI=1S/C14H17ClN2O4/c1-9(2)16-14(19)21-17-12(7-8-15)20-11-6-4-3-5-10(11)13(17)18/h3-6,9,12H,7-8H2,1-2H3,(H,16,19)/t12-/m1/s1. The lowest BCUT2D eigenvalue weighted by molar-refractivity contribution is -0.156. The second kappa shape index (κ2) is 6.67. The van der Waals surface area contributed by atoms with Crippen LogP contribution in [0.4, 0.5) is 4.79 Å². The Labute approximate surface area is 127 Å². The molecule has 1 aliphatic heterocycles. The highest BCUT2D eigenvalue weighted by Gasteiger charge is 2.36. The summed E-state index contributed by atoms with van der Waals surface area (Å²) in [5, 5.41) is 3.49. The number of fused-ring (bicyclic) bond motifs is 1. The van der Waals surface area contributed by atoms with E-state index in [-0.39, 0.29) is 11.9 Å². The zero-order valence-electron chi connectivity index (χ0n) is 11.8. The molecule has 2 rings (SSSR count). The van der Waals surface area contributed by atoms with Crippen molar-refractivity contribution in [1.82, 2.24) is 10.4 Å². The van der Waals surface area contributed by atoms with Crippen molar-refractivity contribution < 1.29 is 19.2 Å². The lowest BCUT2D eigenvalue weighted by Crippen LogP contribution is -2.50. The average Bonchev–Trinajstić information content (AvgIpc) is 2.42. The van der Waals surface area contributed by atoms with Crippen LogP contribution in [-0.4, -0.2) is 35.2 Å². The summed E-state index contributed by atoms with van der Waals surface area (Å²) < 4.78 is 5.68. The van der Waals surface area contributed by atoms with Gasteiger partial charge < -0.3 is 14.9 Å². The normalized spacial score (nSPS) is 17.2. The minimum atomic E-state index is -0.734. The number of hydroxylamine groups is 2. The SMILES string of the molecule is CC(C)NC(=O)ON1C(=O)c2ccccc2O[C@@H]1CCCl. The Morgan fingerprint density at radius 3 is 2.86 bits per heavy atom. The highest BCUT2D eigenvalue weighted by molar-refractivity contribution is 6.17. The second-order valence-electron chi connectivity index (χ2n) is 4.86. The van der Waals surface area contributed by atoms with E-state index in [1.54, 1.807) is 38.1 Å². The van der Waals surface area contributed by atoms with Crippen LogP contribution in [-0.2, 0) is 4.84 Å². The average molecular weight is 313 g/mol. The van der Waals surface area contributed by atoms with Crippen molar-refractivity contribution in [2.45, 2.75) is 32.5 Å². The summed E-state index contributed by atoms with van der Waals surface area (Å²) in [5.41, 5.74) is 0.348. The molecule has 1 aliphatic rings. The van der Waals surface area contributed by atoms with Crippen molar-refractivity contribution in [3.05, 3.63) is 29.8 Å². The molecule has 0 saturated carbocycles. The van der Waals surface area contributed by atoms with Crippen LogP contribution in [0.5, 0.6) is 5.75 Å². The molecular formula is C14H17ClN2O4. The van der Waals surface area contributed by atoms with Gasteiger partial charge >= 0.3 is 6.09 Å². The Kier molecular flexibility index (Phi) is 4.90. The third-order valence-corrected chi connectivity index (χ3v) is 3.00. The summed E-state index contributed by atoms with van der Waals surface area (Å²) in [6, 6.07) is 6.70. The number of carbonyl (C=O) groups excluding carboxylic acids is 2. The fourth-order valence-electron chi connectivity index (χ4n) is 1.91. The molecular weight excluding hydrogens is 296 g/mol. The number of benzene rings is 1. The monoisotopic (exact) mass is 312 g/mol. The molecule has 2 amide bonds. The van der Waals surface area contributed by atoms with Gasteiger partial charge in [-0.1, -0.05) is 12.1 Å². The van der Waals surface area contributed by atoms with Crippen LogP contribution >= 0.6 is 11.6 Å². The third-order valence-electron chi connectivity index (χ3n) is 2.79. The summed E-state index contributed by atoms with van der Waals surface area (Å²) in [7, 11) is 0. The van der Waals surface area contributed by atoms with Gasteiger partial charge in [-0.05, 0) is 26.0 Å². The Balaban J connectivity index is 2.20. The molecule has 0 fully saturated rings. The van der Waals surface area contributed by atoms with E-state index in [9.17, 15) is 9.59 Å². The van der Waals surface area contributed by atoms with Gasteiger partial charge in [-0.15, -0.1) is 16.7 Å². The van der Waals surface area contributed by atoms with Gasteiger partial charge in [0.1, 0.15) is 5.75 Å². The number of amides is 2. The Morgan fingerprint density at radius 2 is 2.19 bits per heavy atom. The van der Waals surface area contributed by atoms with Crippen molar-refractivity contribution in [2.75, 3.05) is 5.88 Å². The molecule has 1 atom stereocenters. The van der Waals surface area contributed by atoms with Crippen LogP contribution in [0.3, 0.4) is 0 Å². The summed E-state index contributed by atoms with van der Waals surface area (Å²) in [5.74, 6) is 0.304. The number of hydrogen-bond acceptors (Lipinski definition) is 4. The van der Waals surface area contributed by atoms with Gasteiger partial charge in [-0.25, -0.2) is 4.79 Å². The maximum atomic E-state index is 12.4.